The number of carbonyl (C=O) groups excluding carboxylic acids is 1. The lowest BCUT2D eigenvalue weighted by atomic mass is 10.1. The Morgan fingerprint density at radius 2 is 1.54 bits per heavy atom. The van der Waals surface area contributed by atoms with Crippen LogP contribution >= 0.6 is 0 Å². The van der Waals surface area contributed by atoms with Gasteiger partial charge in [0.25, 0.3) is 11.4 Å². The number of benzene rings is 2. The molecule has 2 aromatic rings. The van der Waals surface area contributed by atoms with Crippen molar-refractivity contribution in [2.45, 2.75) is 0 Å². The summed E-state index contributed by atoms with van der Waals surface area (Å²) in [5.74, 6) is -0.295. The molecule has 0 saturated heterocycles. The quantitative estimate of drug-likeness (QED) is 0.322. The number of hydrogen-bond donors (Lipinski definition) is 0. The second-order valence-corrected chi connectivity index (χ2v) is 5.03. The van der Waals surface area contributed by atoms with Gasteiger partial charge in [0.15, 0.2) is 17.3 Å². The van der Waals surface area contributed by atoms with Crippen LogP contribution in [0.2, 0.25) is 0 Å². The lowest BCUT2D eigenvalue weighted by Crippen LogP contribution is -2.03. The van der Waals surface area contributed by atoms with E-state index >= 15 is 0 Å². The molecule has 9 nitrogen and oxygen atoms in total. The Balaban J connectivity index is 2.36. The van der Waals surface area contributed by atoms with Crippen molar-refractivity contribution in [2.24, 2.45) is 0 Å². The molecule has 0 bridgehead atoms. The number of nitrogens with zero attached hydrogens (tertiary/aromatic N) is 2. The van der Waals surface area contributed by atoms with Crippen molar-refractivity contribution in [2.75, 3.05) is 14.2 Å². The van der Waals surface area contributed by atoms with Crippen molar-refractivity contribution in [3.05, 3.63) is 73.8 Å². The van der Waals surface area contributed by atoms with Gasteiger partial charge in [0, 0.05) is 18.2 Å². The fraction of sp³-hybridized carbons (Fsp3) is 0.118. The van der Waals surface area contributed by atoms with Gasteiger partial charge in [-0.2, -0.15) is 0 Å². The zero-order chi connectivity index (χ0) is 19.3. The van der Waals surface area contributed by atoms with Gasteiger partial charge in [-0.15, -0.1) is 0 Å². The number of methoxy groups -OCH3 is 2. The van der Waals surface area contributed by atoms with E-state index in [0.717, 1.165) is 12.1 Å². The van der Waals surface area contributed by atoms with Crippen LogP contribution in [0, 0.1) is 20.2 Å². The topological polar surface area (TPSA) is 122 Å². The lowest BCUT2D eigenvalue weighted by Gasteiger charge is -2.09. The van der Waals surface area contributed by atoms with Crippen LogP contribution in [0.5, 0.6) is 11.5 Å². The van der Waals surface area contributed by atoms with Crippen LogP contribution in [0.3, 0.4) is 0 Å². The summed E-state index contributed by atoms with van der Waals surface area (Å²) in [7, 11) is 2.68. The fourth-order valence-electron chi connectivity index (χ4n) is 2.19. The first-order valence-electron chi connectivity index (χ1n) is 7.24. The van der Waals surface area contributed by atoms with Gasteiger partial charge in [0.2, 0.25) is 0 Å². The summed E-state index contributed by atoms with van der Waals surface area (Å²) in [5.41, 5.74) is -0.122. The number of ether oxygens (including phenoxy) is 2. The molecule has 0 heterocycles. The van der Waals surface area contributed by atoms with E-state index in [1.165, 1.54) is 50.6 Å². The van der Waals surface area contributed by atoms with Gasteiger partial charge in [-0.3, -0.25) is 25.0 Å². The Morgan fingerprint density at radius 1 is 0.962 bits per heavy atom. The van der Waals surface area contributed by atoms with Crippen molar-refractivity contribution < 1.29 is 24.1 Å². The molecule has 0 spiro atoms. The number of hydrogen-bond acceptors (Lipinski definition) is 7. The van der Waals surface area contributed by atoms with E-state index < -0.39 is 21.3 Å². The fourth-order valence-corrected chi connectivity index (χ4v) is 2.19. The first kappa shape index (κ1) is 18.6. The summed E-state index contributed by atoms with van der Waals surface area (Å²) in [6, 6.07) is 7.87. The second-order valence-electron chi connectivity index (χ2n) is 5.03. The van der Waals surface area contributed by atoms with Crippen molar-refractivity contribution in [3.63, 3.8) is 0 Å². The highest BCUT2D eigenvalue weighted by atomic mass is 16.6. The zero-order valence-electron chi connectivity index (χ0n) is 13.9. The second kappa shape index (κ2) is 7.88. The number of nitro benzene ring substituents is 2. The number of rotatable bonds is 7. The maximum absolute atomic E-state index is 12.4. The average molecular weight is 358 g/mol. The molecule has 2 aromatic carbocycles. The molecule has 0 radical (unpaired) electrons. The number of allylic oxidation sites excluding steroid dienone is 1. The molecule has 26 heavy (non-hydrogen) atoms. The Hall–Kier alpha value is -3.75. The molecule has 0 aliphatic rings. The van der Waals surface area contributed by atoms with Crippen LogP contribution in [0.4, 0.5) is 11.4 Å². The van der Waals surface area contributed by atoms with Gasteiger partial charge in [-0.1, -0.05) is 6.08 Å². The zero-order valence-corrected chi connectivity index (χ0v) is 13.9. The maximum Gasteiger partial charge on any atom is 0.284 e. The standard InChI is InChI=1S/C17H14N2O7/c1-25-16-9-13(14(19(23)24)10-17(16)26-2)15(20)8-5-11-3-6-12(7-4-11)18(21)22/h3-10H,1-2H3. The van der Waals surface area contributed by atoms with Crippen LogP contribution in [-0.4, -0.2) is 29.8 Å². The first-order valence-corrected chi connectivity index (χ1v) is 7.24. The third-order valence-electron chi connectivity index (χ3n) is 3.50. The number of carbonyl (C=O) groups is 1. The average Bonchev–Trinajstić information content (AvgIpc) is 2.65. The van der Waals surface area contributed by atoms with Crippen LogP contribution in [-0.2, 0) is 0 Å². The van der Waals surface area contributed by atoms with Gasteiger partial charge < -0.3 is 9.47 Å². The molecule has 2 rings (SSSR count). The van der Waals surface area contributed by atoms with Crippen LogP contribution in [0.1, 0.15) is 15.9 Å². The van der Waals surface area contributed by atoms with E-state index in [9.17, 15) is 25.0 Å². The summed E-state index contributed by atoms with van der Waals surface area (Å²) < 4.78 is 10.1. The smallest absolute Gasteiger partial charge is 0.284 e. The number of nitro groups is 2. The summed E-state index contributed by atoms with van der Waals surface area (Å²) in [6.07, 6.45) is 2.56. The predicted octanol–water partition coefficient (Wildman–Crippen LogP) is 3.42. The number of non-ortho nitro benzene ring substituents is 1. The third kappa shape index (κ3) is 4.01. The molecule has 0 aliphatic heterocycles. The summed E-state index contributed by atoms with van der Waals surface area (Å²) >= 11 is 0. The molecule has 0 amide bonds. The molecule has 0 unspecified atom stereocenters. The van der Waals surface area contributed by atoms with Crippen molar-refractivity contribution in [3.8, 4) is 11.5 Å². The van der Waals surface area contributed by atoms with E-state index in [0.29, 0.717) is 5.56 Å². The van der Waals surface area contributed by atoms with E-state index in [1.807, 2.05) is 0 Å². The van der Waals surface area contributed by atoms with Gasteiger partial charge in [-0.05, 0) is 23.8 Å². The Labute approximate surface area is 147 Å². The summed E-state index contributed by atoms with van der Waals surface area (Å²) in [4.78, 5) is 33.0. The molecule has 0 atom stereocenters. The highest BCUT2D eigenvalue weighted by Crippen LogP contribution is 2.34. The van der Waals surface area contributed by atoms with Crippen molar-refractivity contribution in [1.82, 2.24) is 0 Å². The predicted molar refractivity (Wildman–Crippen MR) is 92.7 cm³/mol. The minimum absolute atomic E-state index is 0.0796. The Kier molecular flexibility index (Phi) is 5.63. The van der Waals surface area contributed by atoms with E-state index in [2.05, 4.69) is 0 Å². The monoisotopic (exact) mass is 358 g/mol. The van der Waals surface area contributed by atoms with Gasteiger partial charge in [0.05, 0.1) is 30.1 Å². The Morgan fingerprint density at radius 3 is 2.04 bits per heavy atom. The lowest BCUT2D eigenvalue weighted by molar-refractivity contribution is -0.385. The summed E-state index contributed by atoms with van der Waals surface area (Å²) in [6.45, 7) is 0. The van der Waals surface area contributed by atoms with E-state index in [-0.39, 0.29) is 22.7 Å². The minimum atomic E-state index is -0.686. The van der Waals surface area contributed by atoms with Crippen molar-refractivity contribution >= 4 is 23.2 Å². The highest BCUT2D eigenvalue weighted by molar-refractivity contribution is 6.10. The molecule has 134 valence electrons. The summed E-state index contributed by atoms with van der Waals surface area (Å²) in [5, 5.41) is 21.9. The molecule has 0 aliphatic carbocycles. The molecule has 0 N–H and O–H groups in total. The molecule has 0 aromatic heterocycles. The molecule has 0 saturated carbocycles. The normalized spacial score (nSPS) is 10.5. The van der Waals surface area contributed by atoms with Crippen molar-refractivity contribution in [1.29, 1.82) is 0 Å². The molecular formula is C17H14N2O7. The Bertz CT molecular complexity index is 889. The van der Waals surface area contributed by atoms with Gasteiger partial charge >= 0.3 is 0 Å². The maximum atomic E-state index is 12.4. The van der Waals surface area contributed by atoms with E-state index in [4.69, 9.17) is 9.47 Å². The highest BCUT2D eigenvalue weighted by Gasteiger charge is 2.23. The largest absolute Gasteiger partial charge is 0.493 e. The van der Waals surface area contributed by atoms with Crippen LogP contribution in [0.15, 0.2) is 42.5 Å². The minimum Gasteiger partial charge on any atom is -0.493 e. The molecule has 9 heteroatoms. The van der Waals surface area contributed by atoms with Crippen LogP contribution < -0.4 is 9.47 Å². The van der Waals surface area contributed by atoms with Gasteiger partial charge in [0.1, 0.15) is 5.56 Å². The van der Waals surface area contributed by atoms with Gasteiger partial charge in [-0.25, -0.2) is 0 Å². The number of ketones is 1. The molecule has 0 fully saturated rings. The third-order valence-corrected chi connectivity index (χ3v) is 3.50. The van der Waals surface area contributed by atoms with Crippen LogP contribution in [0.25, 0.3) is 6.08 Å². The van der Waals surface area contributed by atoms with E-state index in [1.54, 1.807) is 0 Å². The first-order chi connectivity index (χ1) is 12.4. The molecular weight excluding hydrogens is 344 g/mol. The SMILES string of the molecule is COc1cc(C(=O)C=Cc2ccc([N+](=O)[O-])cc2)c([N+](=O)[O-])cc1OC.